The first-order valence-electron chi connectivity index (χ1n) is 7.05. The Balaban J connectivity index is 1.94. The molecule has 2 aromatic heterocycles. The van der Waals surface area contributed by atoms with Gasteiger partial charge in [-0.05, 0) is 19.9 Å². The Morgan fingerprint density at radius 3 is 2.70 bits per heavy atom. The molecule has 0 atom stereocenters. The van der Waals surface area contributed by atoms with Gasteiger partial charge in [0.15, 0.2) is 11.2 Å². The molecule has 3 rings (SSSR count). The highest BCUT2D eigenvalue weighted by atomic mass is 16.1. The van der Waals surface area contributed by atoms with Crippen LogP contribution in [0.4, 0.5) is 5.95 Å². The zero-order valence-corrected chi connectivity index (χ0v) is 11.6. The number of rotatable bonds is 3. The van der Waals surface area contributed by atoms with Crippen molar-refractivity contribution in [2.75, 3.05) is 12.8 Å². The molecule has 0 amide bonds. The largest absolute Gasteiger partial charge is 0.369 e. The summed E-state index contributed by atoms with van der Waals surface area (Å²) in [6, 6.07) is 0. The predicted octanol–water partition coefficient (Wildman–Crippen LogP) is 0.693. The van der Waals surface area contributed by atoms with E-state index in [0.29, 0.717) is 11.2 Å². The standard InChI is InChI=1S/C13H20N6O/c1-15-13(5-3-2-4-6-13)7-8-16-9-10(17-8)18-12(14)19-11(9)20/h15H,2-7H2,1H3,(H4,14,16,17,18,19,20). The van der Waals surface area contributed by atoms with Crippen molar-refractivity contribution >= 4 is 17.1 Å². The molecule has 1 aliphatic rings. The van der Waals surface area contributed by atoms with Crippen molar-refractivity contribution in [2.24, 2.45) is 0 Å². The molecule has 108 valence electrons. The van der Waals surface area contributed by atoms with Gasteiger partial charge in [0.2, 0.25) is 5.95 Å². The van der Waals surface area contributed by atoms with E-state index >= 15 is 0 Å². The Morgan fingerprint density at radius 1 is 1.25 bits per heavy atom. The molecule has 7 nitrogen and oxygen atoms in total. The first kappa shape index (κ1) is 13.1. The van der Waals surface area contributed by atoms with Crippen LogP contribution >= 0.6 is 0 Å². The van der Waals surface area contributed by atoms with Crippen molar-refractivity contribution in [1.82, 2.24) is 25.3 Å². The Morgan fingerprint density at radius 2 is 2.00 bits per heavy atom. The molecular formula is C13H20N6O. The minimum Gasteiger partial charge on any atom is -0.369 e. The molecular weight excluding hydrogens is 256 g/mol. The van der Waals surface area contributed by atoms with Crippen LogP contribution in [0.25, 0.3) is 11.2 Å². The Kier molecular flexibility index (Phi) is 3.21. The van der Waals surface area contributed by atoms with Gasteiger partial charge in [-0.3, -0.25) is 9.78 Å². The first-order valence-corrected chi connectivity index (χ1v) is 7.05. The van der Waals surface area contributed by atoms with Gasteiger partial charge in [-0.2, -0.15) is 4.98 Å². The van der Waals surface area contributed by atoms with Gasteiger partial charge < -0.3 is 16.0 Å². The molecule has 0 unspecified atom stereocenters. The molecule has 2 aromatic rings. The van der Waals surface area contributed by atoms with Crippen LogP contribution in [-0.4, -0.2) is 32.5 Å². The van der Waals surface area contributed by atoms with Gasteiger partial charge in [-0.1, -0.05) is 19.3 Å². The molecule has 7 heteroatoms. The van der Waals surface area contributed by atoms with E-state index in [4.69, 9.17) is 5.73 Å². The minimum atomic E-state index is -0.270. The van der Waals surface area contributed by atoms with Gasteiger partial charge in [0.1, 0.15) is 5.82 Å². The van der Waals surface area contributed by atoms with Crippen molar-refractivity contribution in [3.8, 4) is 0 Å². The molecule has 0 aromatic carbocycles. The van der Waals surface area contributed by atoms with Gasteiger partial charge in [-0.15, -0.1) is 0 Å². The maximum absolute atomic E-state index is 11.8. The minimum absolute atomic E-state index is 0.0738. The number of nitrogens with two attached hydrogens (primary N) is 1. The highest BCUT2D eigenvalue weighted by Gasteiger charge is 2.31. The topological polar surface area (TPSA) is 112 Å². The van der Waals surface area contributed by atoms with Crippen LogP contribution in [0.15, 0.2) is 4.79 Å². The number of imidazole rings is 1. The number of nitrogens with one attached hydrogen (secondary N) is 3. The molecule has 0 radical (unpaired) electrons. The number of hydrogen-bond acceptors (Lipinski definition) is 5. The van der Waals surface area contributed by atoms with Crippen molar-refractivity contribution in [2.45, 2.75) is 44.1 Å². The number of aromatic amines is 2. The maximum atomic E-state index is 11.8. The summed E-state index contributed by atoms with van der Waals surface area (Å²) in [5, 5.41) is 3.45. The lowest BCUT2D eigenvalue weighted by Gasteiger charge is -2.36. The van der Waals surface area contributed by atoms with Gasteiger partial charge in [0, 0.05) is 12.0 Å². The monoisotopic (exact) mass is 276 g/mol. The number of anilines is 1. The molecule has 0 bridgehead atoms. The quantitative estimate of drug-likeness (QED) is 0.659. The highest BCUT2D eigenvalue weighted by Crippen LogP contribution is 2.30. The average molecular weight is 276 g/mol. The molecule has 5 N–H and O–H groups in total. The van der Waals surface area contributed by atoms with Crippen LogP contribution in [0.3, 0.4) is 0 Å². The van der Waals surface area contributed by atoms with E-state index in [9.17, 15) is 4.79 Å². The number of hydrogen-bond donors (Lipinski definition) is 4. The summed E-state index contributed by atoms with van der Waals surface area (Å²) < 4.78 is 0. The average Bonchev–Trinajstić information content (AvgIpc) is 2.82. The van der Waals surface area contributed by atoms with Crippen molar-refractivity contribution in [3.05, 3.63) is 16.2 Å². The third-order valence-electron chi connectivity index (χ3n) is 4.28. The fourth-order valence-corrected chi connectivity index (χ4v) is 3.12. The van der Waals surface area contributed by atoms with Gasteiger partial charge in [-0.25, -0.2) is 4.98 Å². The van der Waals surface area contributed by atoms with Crippen LogP contribution in [0.1, 0.15) is 37.9 Å². The normalized spacial score (nSPS) is 18.4. The van der Waals surface area contributed by atoms with Gasteiger partial charge in [0.25, 0.3) is 5.56 Å². The van der Waals surface area contributed by atoms with E-state index < -0.39 is 0 Å². The van der Waals surface area contributed by atoms with E-state index in [2.05, 4.69) is 25.3 Å². The maximum Gasteiger partial charge on any atom is 0.278 e. The lowest BCUT2D eigenvalue weighted by molar-refractivity contribution is 0.241. The van der Waals surface area contributed by atoms with Gasteiger partial charge >= 0.3 is 0 Å². The number of H-pyrrole nitrogens is 2. The van der Waals surface area contributed by atoms with Crippen molar-refractivity contribution in [1.29, 1.82) is 0 Å². The second kappa shape index (κ2) is 4.90. The molecule has 0 spiro atoms. The number of nitrogen functional groups attached to an aromatic ring is 1. The molecule has 1 aliphatic carbocycles. The van der Waals surface area contributed by atoms with Crippen LogP contribution in [0, 0.1) is 0 Å². The highest BCUT2D eigenvalue weighted by molar-refractivity contribution is 5.70. The number of nitrogens with zero attached hydrogens (tertiary/aromatic N) is 2. The summed E-state index contributed by atoms with van der Waals surface area (Å²) in [6.45, 7) is 0. The molecule has 1 fully saturated rings. The van der Waals surface area contributed by atoms with Crippen molar-refractivity contribution < 1.29 is 0 Å². The van der Waals surface area contributed by atoms with Gasteiger partial charge in [0.05, 0.1) is 0 Å². The van der Waals surface area contributed by atoms with E-state index in [1.54, 1.807) is 0 Å². The first-order chi connectivity index (χ1) is 9.62. The van der Waals surface area contributed by atoms with E-state index in [1.165, 1.54) is 19.3 Å². The summed E-state index contributed by atoms with van der Waals surface area (Å²) >= 11 is 0. The fraction of sp³-hybridized carbons (Fsp3) is 0.615. The molecule has 0 aliphatic heterocycles. The Labute approximate surface area is 116 Å². The summed E-state index contributed by atoms with van der Waals surface area (Å²) in [5.41, 5.74) is 6.13. The van der Waals surface area contributed by atoms with Crippen LogP contribution in [-0.2, 0) is 6.42 Å². The van der Waals surface area contributed by atoms with E-state index in [0.717, 1.165) is 25.1 Å². The fourth-order valence-electron chi connectivity index (χ4n) is 3.12. The Hall–Kier alpha value is -1.89. The number of fused-ring (bicyclic) bond motifs is 1. The third kappa shape index (κ3) is 2.29. The number of aromatic nitrogens is 4. The zero-order chi connectivity index (χ0) is 14.2. The van der Waals surface area contributed by atoms with Crippen molar-refractivity contribution in [3.63, 3.8) is 0 Å². The summed E-state index contributed by atoms with van der Waals surface area (Å²) in [7, 11) is 2.00. The second-order valence-electron chi connectivity index (χ2n) is 5.60. The van der Waals surface area contributed by atoms with E-state index in [1.807, 2.05) is 7.05 Å². The predicted molar refractivity (Wildman–Crippen MR) is 77.5 cm³/mol. The molecule has 20 heavy (non-hydrogen) atoms. The Bertz CT molecular complexity index is 667. The van der Waals surface area contributed by atoms with E-state index in [-0.39, 0.29) is 17.0 Å². The summed E-state index contributed by atoms with van der Waals surface area (Å²) in [6.07, 6.45) is 6.79. The van der Waals surface area contributed by atoms with Crippen LogP contribution in [0.5, 0.6) is 0 Å². The SMILES string of the molecule is CNC1(Cc2nc3nc(N)[nH]c(=O)c3[nH]2)CCCCC1. The van der Waals surface area contributed by atoms with Crippen LogP contribution < -0.4 is 16.6 Å². The smallest absolute Gasteiger partial charge is 0.278 e. The summed E-state index contributed by atoms with van der Waals surface area (Å²) in [4.78, 5) is 25.8. The molecule has 1 saturated carbocycles. The molecule has 2 heterocycles. The second-order valence-corrected chi connectivity index (χ2v) is 5.60. The lowest BCUT2D eigenvalue weighted by Crippen LogP contribution is -2.46. The lowest BCUT2D eigenvalue weighted by atomic mass is 9.79. The number of likely N-dealkylation sites (N-methyl/N-ethyl adjacent to an activating group) is 1. The zero-order valence-electron chi connectivity index (χ0n) is 11.6. The summed E-state index contributed by atoms with van der Waals surface area (Å²) in [5.74, 6) is 0.890. The molecule has 0 saturated heterocycles. The third-order valence-corrected chi connectivity index (χ3v) is 4.28. The van der Waals surface area contributed by atoms with Crippen LogP contribution in [0.2, 0.25) is 0 Å².